The molecule has 4 nitrogen and oxygen atoms in total. The molecule has 0 spiro atoms. The summed E-state index contributed by atoms with van der Waals surface area (Å²) in [5.74, 6) is 1.15. The first-order valence-electron chi connectivity index (χ1n) is 8.72. The van der Waals surface area contributed by atoms with Crippen molar-refractivity contribution >= 4 is 5.97 Å². The fraction of sp³-hybridized carbons (Fsp3) is 0.174. The molecule has 0 aliphatic heterocycles. The zero-order valence-corrected chi connectivity index (χ0v) is 15.7. The minimum absolute atomic E-state index is 0.360. The van der Waals surface area contributed by atoms with Crippen molar-refractivity contribution in [2.24, 2.45) is 0 Å². The predicted octanol–water partition coefficient (Wildman–Crippen LogP) is 5.11. The highest BCUT2D eigenvalue weighted by Gasteiger charge is 2.23. The van der Waals surface area contributed by atoms with Gasteiger partial charge >= 0.3 is 5.97 Å². The Bertz CT molecular complexity index is 918. The Labute approximate surface area is 159 Å². The van der Waals surface area contributed by atoms with Gasteiger partial charge in [0.05, 0.1) is 7.11 Å². The van der Waals surface area contributed by atoms with Crippen molar-refractivity contribution in [3.8, 4) is 17.2 Å². The van der Waals surface area contributed by atoms with Crippen molar-refractivity contribution in [2.45, 2.75) is 20.5 Å². The van der Waals surface area contributed by atoms with Gasteiger partial charge in [0.2, 0.25) is 0 Å². The zero-order chi connectivity index (χ0) is 19.2. The van der Waals surface area contributed by atoms with Gasteiger partial charge in [0.15, 0.2) is 0 Å². The topological polar surface area (TPSA) is 44.8 Å². The molecule has 0 bridgehead atoms. The van der Waals surface area contributed by atoms with Crippen LogP contribution in [0.5, 0.6) is 17.2 Å². The van der Waals surface area contributed by atoms with Gasteiger partial charge in [0.1, 0.15) is 29.4 Å². The van der Waals surface area contributed by atoms with Crippen molar-refractivity contribution in [3.63, 3.8) is 0 Å². The van der Waals surface area contributed by atoms with Crippen LogP contribution in [-0.4, -0.2) is 13.1 Å². The molecule has 27 heavy (non-hydrogen) atoms. The number of esters is 1. The first kappa shape index (κ1) is 18.5. The number of ether oxygens (including phenoxy) is 3. The van der Waals surface area contributed by atoms with E-state index in [1.165, 1.54) is 0 Å². The number of hydrogen-bond donors (Lipinski definition) is 0. The number of benzene rings is 3. The molecule has 0 unspecified atom stereocenters. The van der Waals surface area contributed by atoms with E-state index in [9.17, 15) is 4.79 Å². The van der Waals surface area contributed by atoms with Crippen LogP contribution in [0.2, 0.25) is 0 Å². The lowest BCUT2D eigenvalue weighted by Gasteiger charge is -2.18. The number of methoxy groups -OCH3 is 1. The van der Waals surface area contributed by atoms with E-state index in [0.717, 1.165) is 11.1 Å². The van der Waals surface area contributed by atoms with Gasteiger partial charge in [-0.15, -0.1) is 0 Å². The van der Waals surface area contributed by atoms with E-state index < -0.39 is 5.97 Å². The third-order valence-electron chi connectivity index (χ3n) is 4.28. The minimum atomic E-state index is -0.469. The van der Waals surface area contributed by atoms with Crippen LogP contribution in [0.15, 0.2) is 66.7 Å². The molecule has 0 atom stereocenters. The molecule has 138 valence electrons. The molecular weight excluding hydrogens is 340 g/mol. The van der Waals surface area contributed by atoms with Gasteiger partial charge in [-0.25, -0.2) is 4.79 Å². The molecule has 4 heteroatoms. The first-order chi connectivity index (χ1) is 13.1. The number of carbonyl (C=O) groups is 1. The first-order valence-corrected chi connectivity index (χ1v) is 8.72. The molecule has 3 aromatic carbocycles. The highest BCUT2D eigenvalue weighted by Crippen LogP contribution is 2.35. The molecule has 0 saturated heterocycles. The van der Waals surface area contributed by atoms with E-state index in [0.29, 0.717) is 35.0 Å². The van der Waals surface area contributed by atoms with Crippen LogP contribution in [0.1, 0.15) is 27.0 Å². The molecule has 0 N–H and O–H groups in total. The Kier molecular flexibility index (Phi) is 5.77. The summed E-state index contributed by atoms with van der Waals surface area (Å²) in [4.78, 5) is 12.9. The normalized spacial score (nSPS) is 10.3. The lowest BCUT2D eigenvalue weighted by Crippen LogP contribution is -2.14. The van der Waals surface area contributed by atoms with Crippen LogP contribution in [0.25, 0.3) is 0 Å². The van der Waals surface area contributed by atoms with Crippen LogP contribution in [0.4, 0.5) is 0 Å². The fourth-order valence-electron chi connectivity index (χ4n) is 2.88. The smallest absolute Gasteiger partial charge is 0.347 e. The maximum atomic E-state index is 12.9. The van der Waals surface area contributed by atoms with E-state index in [2.05, 4.69) is 0 Å². The van der Waals surface area contributed by atoms with Crippen LogP contribution >= 0.6 is 0 Å². The molecule has 0 saturated carbocycles. The summed E-state index contributed by atoms with van der Waals surface area (Å²) in [5.41, 5.74) is 2.90. The maximum Gasteiger partial charge on any atom is 0.347 e. The molecule has 0 heterocycles. The summed E-state index contributed by atoms with van der Waals surface area (Å²) in [6.45, 7) is 4.08. The highest BCUT2D eigenvalue weighted by atomic mass is 16.5. The number of hydrogen-bond acceptors (Lipinski definition) is 4. The van der Waals surface area contributed by atoms with Gasteiger partial charge < -0.3 is 14.2 Å². The second-order valence-corrected chi connectivity index (χ2v) is 6.20. The largest absolute Gasteiger partial charge is 0.496 e. The van der Waals surface area contributed by atoms with E-state index in [-0.39, 0.29) is 0 Å². The minimum Gasteiger partial charge on any atom is -0.496 e. The fourth-order valence-corrected chi connectivity index (χ4v) is 2.88. The maximum absolute atomic E-state index is 12.9. The lowest BCUT2D eigenvalue weighted by atomic mass is 10.0. The van der Waals surface area contributed by atoms with Crippen molar-refractivity contribution in [3.05, 3.63) is 89.0 Å². The van der Waals surface area contributed by atoms with Gasteiger partial charge in [-0.2, -0.15) is 0 Å². The number of carbonyl (C=O) groups excluding carboxylic acids is 1. The van der Waals surface area contributed by atoms with E-state index >= 15 is 0 Å². The quantitative estimate of drug-likeness (QED) is 0.451. The van der Waals surface area contributed by atoms with Gasteiger partial charge in [-0.3, -0.25) is 0 Å². The molecule has 0 amide bonds. The van der Waals surface area contributed by atoms with E-state index in [4.69, 9.17) is 14.2 Å². The van der Waals surface area contributed by atoms with Crippen molar-refractivity contribution in [1.29, 1.82) is 0 Å². The van der Waals surface area contributed by atoms with Crippen molar-refractivity contribution in [1.82, 2.24) is 0 Å². The Morgan fingerprint density at radius 2 is 1.56 bits per heavy atom. The monoisotopic (exact) mass is 362 g/mol. The van der Waals surface area contributed by atoms with E-state index in [1.807, 2.05) is 68.4 Å². The van der Waals surface area contributed by atoms with Crippen LogP contribution < -0.4 is 14.2 Å². The molecule has 0 aliphatic rings. The molecule has 0 aromatic heterocycles. The predicted molar refractivity (Wildman–Crippen MR) is 105 cm³/mol. The molecular formula is C23H22O4. The average Bonchev–Trinajstić information content (AvgIpc) is 2.69. The van der Waals surface area contributed by atoms with Crippen LogP contribution in [0.3, 0.4) is 0 Å². The van der Waals surface area contributed by atoms with Gasteiger partial charge in [-0.05, 0) is 43.2 Å². The third-order valence-corrected chi connectivity index (χ3v) is 4.28. The Balaban J connectivity index is 1.96. The number of aryl methyl sites for hydroxylation is 1. The Morgan fingerprint density at radius 3 is 2.19 bits per heavy atom. The average molecular weight is 362 g/mol. The lowest BCUT2D eigenvalue weighted by molar-refractivity contribution is 0.0728. The Hall–Kier alpha value is -3.27. The summed E-state index contributed by atoms with van der Waals surface area (Å²) in [6, 6.07) is 20.7. The summed E-state index contributed by atoms with van der Waals surface area (Å²) in [7, 11) is 1.58. The van der Waals surface area contributed by atoms with E-state index in [1.54, 1.807) is 19.2 Å². The SMILES string of the molecule is COc1cc(C)c(OCc2ccccc2)c(C(=O)Oc2ccccc2)c1C. The van der Waals surface area contributed by atoms with Crippen molar-refractivity contribution in [2.75, 3.05) is 7.11 Å². The standard InChI is InChI=1S/C23H22O4/c1-16-14-20(25-3)17(2)21(23(24)27-19-12-8-5-9-13-19)22(16)26-15-18-10-6-4-7-11-18/h4-14H,15H2,1-3H3. The summed E-state index contributed by atoms with van der Waals surface area (Å²) >= 11 is 0. The number of rotatable bonds is 6. The second kappa shape index (κ2) is 8.41. The second-order valence-electron chi connectivity index (χ2n) is 6.20. The summed E-state index contributed by atoms with van der Waals surface area (Å²) < 4.78 is 17.0. The summed E-state index contributed by atoms with van der Waals surface area (Å²) in [6.07, 6.45) is 0. The summed E-state index contributed by atoms with van der Waals surface area (Å²) in [5, 5.41) is 0. The zero-order valence-electron chi connectivity index (χ0n) is 15.7. The molecule has 0 fully saturated rings. The van der Waals surface area contributed by atoms with Gasteiger partial charge in [0.25, 0.3) is 0 Å². The molecule has 3 rings (SSSR count). The molecule has 3 aromatic rings. The van der Waals surface area contributed by atoms with Crippen LogP contribution in [-0.2, 0) is 6.61 Å². The number of para-hydroxylation sites is 1. The van der Waals surface area contributed by atoms with Crippen molar-refractivity contribution < 1.29 is 19.0 Å². The van der Waals surface area contributed by atoms with Gasteiger partial charge in [-0.1, -0.05) is 48.5 Å². The van der Waals surface area contributed by atoms with Crippen LogP contribution in [0, 0.1) is 13.8 Å². The third kappa shape index (κ3) is 4.29. The van der Waals surface area contributed by atoms with Gasteiger partial charge in [0, 0.05) is 5.56 Å². The Morgan fingerprint density at radius 1 is 0.926 bits per heavy atom. The highest BCUT2D eigenvalue weighted by molar-refractivity contribution is 5.97. The molecule has 0 radical (unpaired) electrons. The molecule has 0 aliphatic carbocycles.